The summed E-state index contributed by atoms with van der Waals surface area (Å²) in [5.74, 6) is 0.582. The Morgan fingerprint density at radius 1 is 1.42 bits per heavy atom. The Hall–Kier alpha value is -2.32. The summed E-state index contributed by atoms with van der Waals surface area (Å²) in [5, 5.41) is 8.88. The van der Waals surface area contributed by atoms with Gasteiger partial charge < -0.3 is 15.0 Å². The van der Waals surface area contributed by atoms with Crippen molar-refractivity contribution in [2.75, 3.05) is 19.6 Å². The van der Waals surface area contributed by atoms with Crippen LogP contribution in [0.25, 0.3) is 0 Å². The molecular formula is C15H25N5O4. The van der Waals surface area contributed by atoms with Gasteiger partial charge in [0.05, 0.1) is 0 Å². The van der Waals surface area contributed by atoms with Gasteiger partial charge in [-0.3, -0.25) is 9.78 Å². The fraction of sp³-hybridized carbons (Fsp3) is 0.733. The van der Waals surface area contributed by atoms with E-state index in [0.29, 0.717) is 18.9 Å². The number of ether oxygens (including phenoxy) is 1. The molecule has 0 saturated carbocycles. The van der Waals surface area contributed by atoms with E-state index in [2.05, 4.69) is 20.5 Å². The predicted octanol–water partition coefficient (Wildman–Crippen LogP) is 0.719. The number of aromatic amines is 2. The number of nitrogens with zero attached hydrogens (tertiary/aromatic N) is 2. The van der Waals surface area contributed by atoms with Crippen molar-refractivity contribution < 1.29 is 14.3 Å². The van der Waals surface area contributed by atoms with E-state index < -0.39 is 11.7 Å². The van der Waals surface area contributed by atoms with Gasteiger partial charge in [-0.2, -0.15) is 5.10 Å². The zero-order valence-corrected chi connectivity index (χ0v) is 14.3. The van der Waals surface area contributed by atoms with Crippen LogP contribution in [0.15, 0.2) is 4.79 Å². The van der Waals surface area contributed by atoms with E-state index in [1.54, 1.807) is 25.7 Å². The van der Waals surface area contributed by atoms with Gasteiger partial charge in [0.2, 0.25) is 5.91 Å². The first kappa shape index (κ1) is 18.0. The van der Waals surface area contributed by atoms with Crippen LogP contribution in [0, 0.1) is 0 Å². The Morgan fingerprint density at radius 2 is 2.17 bits per heavy atom. The number of nitrogens with one attached hydrogen (secondary N) is 3. The molecule has 2 heterocycles. The van der Waals surface area contributed by atoms with Crippen LogP contribution in [0.3, 0.4) is 0 Å². The molecule has 2 rings (SSSR count). The molecule has 0 spiro atoms. The van der Waals surface area contributed by atoms with Gasteiger partial charge in [0.15, 0.2) is 0 Å². The van der Waals surface area contributed by atoms with Gasteiger partial charge in [-0.05, 0) is 33.6 Å². The smallest absolute Gasteiger partial charge is 0.407 e. The maximum atomic E-state index is 12.3. The second kappa shape index (κ2) is 7.50. The minimum atomic E-state index is -0.561. The number of rotatable bonds is 4. The van der Waals surface area contributed by atoms with E-state index in [-0.39, 0.29) is 30.5 Å². The van der Waals surface area contributed by atoms with Crippen molar-refractivity contribution in [1.82, 2.24) is 25.4 Å². The van der Waals surface area contributed by atoms with E-state index in [1.807, 2.05) is 0 Å². The van der Waals surface area contributed by atoms with Crippen molar-refractivity contribution in [3.05, 3.63) is 16.3 Å². The summed E-state index contributed by atoms with van der Waals surface area (Å²) in [4.78, 5) is 39.4. The molecule has 0 bridgehead atoms. The molecule has 3 N–H and O–H groups in total. The number of hydrogen-bond acceptors (Lipinski definition) is 5. The quantitative estimate of drug-likeness (QED) is 0.746. The van der Waals surface area contributed by atoms with Gasteiger partial charge in [0.25, 0.3) is 0 Å². The van der Waals surface area contributed by atoms with E-state index >= 15 is 0 Å². The largest absolute Gasteiger partial charge is 0.444 e. The van der Waals surface area contributed by atoms with Crippen LogP contribution in [0.2, 0.25) is 0 Å². The SMILES string of the molecule is CC(C)(C)OC(=O)NCCC(=O)N1CCCC(c2n[nH]c(=O)[nH]2)C1. The van der Waals surface area contributed by atoms with Gasteiger partial charge in [-0.25, -0.2) is 14.7 Å². The van der Waals surface area contributed by atoms with Crippen LogP contribution < -0.4 is 11.0 Å². The van der Waals surface area contributed by atoms with Crippen molar-refractivity contribution in [1.29, 1.82) is 0 Å². The summed E-state index contributed by atoms with van der Waals surface area (Å²) >= 11 is 0. The Bertz CT molecular complexity index is 630. The summed E-state index contributed by atoms with van der Waals surface area (Å²) in [6.45, 7) is 6.78. The lowest BCUT2D eigenvalue weighted by Crippen LogP contribution is -2.41. The van der Waals surface area contributed by atoms with Crippen LogP contribution >= 0.6 is 0 Å². The lowest BCUT2D eigenvalue weighted by Gasteiger charge is -2.31. The van der Waals surface area contributed by atoms with Crippen LogP contribution in [0.5, 0.6) is 0 Å². The molecule has 1 unspecified atom stereocenters. The topological polar surface area (TPSA) is 120 Å². The fourth-order valence-corrected chi connectivity index (χ4v) is 2.65. The molecule has 1 aliphatic heterocycles. The summed E-state index contributed by atoms with van der Waals surface area (Å²) in [7, 11) is 0. The molecule has 1 aliphatic rings. The monoisotopic (exact) mass is 339 g/mol. The van der Waals surface area contributed by atoms with E-state index in [9.17, 15) is 14.4 Å². The lowest BCUT2D eigenvalue weighted by molar-refractivity contribution is -0.132. The van der Waals surface area contributed by atoms with Crippen molar-refractivity contribution in [2.24, 2.45) is 0 Å². The molecule has 1 aromatic heterocycles. The third-order valence-electron chi connectivity index (χ3n) is 3.69. The van der Waals surface area contributed by atoms with Crippen LogP contribution in [-0.2, 0) is 9.53 Å². The Morgan fingerprint density at radius 3 is 2.79 bits per heavy atom. The van der Waals surface area contributed by atoms with Crippen molar-refractivity contribution in [3.8, 4) is 0 Å². The van der Waals surface area contributed by atoms with Crippen LogP contribution in [0.4, 0.5) is 4.79 Å². The molecule has 0 aliphatic carbocycles. The normalized spacial score (nSPS) is 18.3. The summed E-state index contributed by atoms with van der Waals surface area (Å²) < 4.78 is 5.12. The molecule has 1 fully saturated rings. The molecule has 0 aromatic carbocycles. The number of carbonyl (C=O) groups is 2. The number of piperidine rings is 1. The van der Waals surface area contributed by atoms with Gasteiger partial charge >= 0.3 is 11.8 Å². The molecule has 24 heavy (non-hydrogen) atoms. The zero-order chi connectivity index (χ0) is 17.7. The first-order valence-corrected chi connectivity index (χ1v) is 8.14. The molecule has 134 valence electrons. The summed E-state index contributed by atoms with van der Waals surface area (Å²) in [5.41, 5.74) is -0.899. The molecule has 1 atom stereocenters. The van der Waals surface area contributed by atoms with Gasteiger partial charge in [-0.1, -0.05) is 0 Å². The van der Waals surface area contributed by atoms with Gasteiger partial charge in [0.1, 0.15) is 11.4 Å². The second-order valence-electron chi connectivity index (χ2n) is 6.92. The third-order valence-corrected chi connectivity index (χ3v) is 3.69. The van der Waals surface area contributed by atoms with Crippen LogP contribution in [-0.4, -0.2) is 57.3 Å². The fourth-order valence-electron chi connectivity index (χ4n) is 2.65. The molecule has 0 radical (unpaired) electrons. The first-order chi connectivity index (χ1) is 11.2. The maximum absolute atomic E-state index is 12.3. The first-order valence-electron chi connectivity index (χ1n) is 8.14. The Labute approximate surface area is 140 Å². The number of alkyl carbamates (subject to hydrolysis) is 1. The zero-order valence-electron chi connectivity index (χ0n) is 14.3. The average molecular weight is 339 g/mol. The number of H-pyrrole nitrogens is 2. The van der Waals surface area contributed by atoms with E-state index in [0.717, 1.165) is 12.8 Å². The molecule has 2 amide bonds. The van der Waals surface area contributed by atoms with Crippen molar-refractivity contribution in [2.45, 2.75) is 51.6 Å². The maximum Gasteiger partial charge on any atom is 0.407 e. The average Bonchev–Trinajstić information content (AvgIpc) is 2.92. The highest BCUT2D eigenvalue weighted by Crippen LogP contribution is 2.23. The number of carbonyl (C=O) groups excluding carboxylic acids is 2. The molecule has 1 aromatic rings. The summed E-state index contributed by atoms with van der Waals surface area (Å²) in [6, 6.07) is 0. The van der Waals surface area contributed by atoms with Gasteiger partial charge in [-0.15, -0.1) is 0 Å². The standard InChI is InChI=1S/C15H25N5O4/c1-15(2,3)24-14(23)16-7-6-11(21)20-8-4-5-10(9-20)12-17-13(22)19-18-12/h10H,4-9H2,1-3H3,(H,16,23)(H2,17,18,19,22). The molecule has 1 saturated heterocycles. The minimum absolute atomic E-state index is 0.0282. The minimum Gasteiger partial charge on any atom is -0.444 e. The highest BCUT2D eigenvalue weighted by molar-refractivity contribution is 5.77. The lowest BCUT2D eigenvalue weighted by atomic mass is 9.97. The van der Waals surface area contributed by atoms with E-state index in [4.69, 9.17) is 4.74 Å². The highest BCUT2D eigenvalue weighted by atomic mass is 16.6. The number of aromatic nitrogens is 3. The van der Waals surface area contributed by atoms with E-state index in [1.165, 1.54) is 0 Å². The number of amides is 2. The van der Waals surface area contributed by atoms with Gasteiger partial charge in [0, 0.05) is 32.0 Å². The number of likely N-dealkylation sites (tertiary alicyclic amines) is 1. The predicted molar refractivity (Wildman–Crippen MR) is 86.6 cm³/mol. The number of hydrogen-bond donors (Lipinski definition) is 3. The second-order valence-corrected chi connectivity index (χ2v) is 6.92. The third kappa shape index (κ3) is 5.39. The molecule has 9 nitrogen and oxygen atoms in total. The van der Waals surface area contributed by atoms with Crippen molar-refractivity contribution >= 4 is 12.0 Å². The molecule has 9 heteroatoms. The Kier molecular flexibility index (Phi) is 5.63. The van der Waals surface area contributed by atoms with Crippen LogP contribution in [0.1, 0.15) is 51.8 Å². The highest BCUT2D eigenvalue weighted by Gasteiger charge is 2.26. The van der Waals surface area contributed by atoms with Crippen molar-refractivity contribution in [3.63, 3.8) is 0 Å². The Balaban J connectivity index is 1.78. The molecular weight excluding hydrogens is 314 g/mol. The summed E-state index contributed by atoms with van der Waals surface area (Å²) in [6.07, 6.45) is 1.41.